The molecule has 0 fully saturated rings. The first-order valence-electron chi connectivity index (χ1n) is 14.6. The van der Waals surface area contributed by atoms with Gasteiger partial charge in [-0.3, -0.25) is 15.6 Å². The molecule has 0 saturated carbocycles. The molecule has 204 valence electrons. The highest BCUT2D eigenvalue weighted by molar-refractivity contribution is 5.69. The van der Waals surface area contributed by atoms with Gasteiger partial charge in [0.2, 0.25) is 0 Å². The molecule has 0 radical (unpaired) electrons. The van der Waals surface area contributed by atoms with Gasteiger partial charge >= 0.3 is 5.97 Å². The van der Waals surface area contributed by atoms with Gasteiger partial charge in [-0.2, -0.15) is 0 Å². The maximum atomic E-state index is 12.2. The van der Waals surface area contributed by atoms with Gasteiger partial charge < -0.3 is 15.0 Å². The first kappa shape index (κ1) is 33.3. The number of nitrogens with one attached hydrogen (secondary N) is 3. The Bertz CT molecular complexity index is 421. The van der Waals surface area contributed by atoms with Crippen molar-refractivity contribution in [2.45, 2.75) is 117 Å². The molecule has 0 spiro atoms. The summed E-state index contributed by atoms with van der Waals surface area (Å²) in [5.74, 6) is 0.560. The van der Waals surface area contributed by atoms with Gasteiger partial charge in [-0.25, -0.2) is 0 Å². The van der Waals surface area contributed by atoms with E-state index < -0.39 is 0 Å². The van der Waals surface area contributed by atoms with Crippen LogP contribution in [0.15, 0.2) is 0 Å². The smallest absolute Gasteiger partial charge is 0.305 e. The zero-order valence-electron chi connectivity index (χ0n) is 23.4. The molecule has 6 heteroatoms. The molecule has 0 aromatic rings. The molecule has 3 N–H and O–H groups in total. The molecule has 0 bridgehead atoms. The van der Waals surface area contributed by atoms with Gasteiger partial charge in [0.1, 0.15) is 0 Å². The maximum Gasteiger partial charge on any atom is 0.305 e. The van der Waals surface area contributed by atoms with Gasteiger partial charge in [0, 0.05) is 32.6 Å². The quantitative estimate of drug-likeness (QED) is 0.0793. The zero-order valence-corrected chi connectivity index (χ0v) is 23.4. The Morgan fingerprint density at radius 1 is 0.706 bits per heavy atom. The lowest BCUT2D eigenvalue weighted by Crippen LogP contribution is -2.40. The number of esters is 1. The molecule has 1 unspecified atom stereocenters. The van der Waals surface area contributed by atoms with Gasteiger partial charge in [-0.1, -0.05) is 84.5 Å². The van der Waals surface area contributed by atoms with Crippen molar-refractivity contribution in [1.82, 2.24) is 21.1 Å². The first-order valence-corrected chi connectivity index (χ1v) is 14.6. The Hall–Kier alpha value is -0.690. The van der Waals surface area contributed by atoms with E-state index in [9.17, 15) is 4.79 Å². The number of carbonyl (C=O) groups excluding carboxylic acids is 1. The number of hydrogen-bond acceptors (Lipinski definition) is 6. The average molecular weight is 485 g/mol. The van der Waals surface area contributed by atoms with Crippen molar-refractivity contribution < 1.29 is 9.53 Å². The van der Waals surface area contributed by atoms with Crippen molar-refractivity contribution in [2.75, 3.05) is 53.4 Å². The molecular weight excluding hydrogens is 424 g/mol. The Morgan fingerprint density at radius 3 is 1.97 bits per heavy atom. The second kappa shape index (κ2) is 26.9. The third-order valence-electron chi connectivity index (χ3n) is 6.38. The summed E-state index contributed by atoms with van der Waals surface area (Å²) in [5, 5.41) is 3.45. The molecule has 0 rings (SSSR count). The number of carbonyl (C=O) groups is 1. The molecule has 0 aliphatic heterocycles. The van der Waals surface area contributed by atoms with Crippen molar-refractivity contribution in [3.63, 3.8) is 0 Å². The summed E-state index contributed by atoms with van der Waals surface area (Å²) in [7, 11) is 4.15. The molecule has 0 saturated heterocycles. The lowest BCUT2D eigenvalue weighted by atomic mass is 9.95. The van der Waals surface area contributed by atoms with Crippen LogP contribution >= 0.6 is 0 Å². The summed E-state index contributed by atoms with van der Waals surface area (Å²) >= 11 is 0. The topological polar surface area (TPSA) is 65.6 Å². The van der Waals surface area contributed by atoms with Crippen LogP contribution in [0.5, 0.6) is 0 Å². The summed E-state index contributed by atoms with van der Waals surface area (Å²) in [4.78, 5) is 14.4. The molecule has 0 aliphatic rings. The minimum Gasteiger partial charge on any atom is -0.465 e. The van der Waals surface area contributed by atoms with E-state index in [1.807, 2.05) is 0 Å². The normalized spacial score (nSPS) is 12.4. The Labute approximate surface area is 212 Å². The minimum atomic E-state index is 0.00228. The second-order valence-corrected chi connectivity index (χ2v) is 10.2. The predicted molar refractivity (Wildman–Crippen MR) is 147 cm³/mol. The van der Waals surface area contributed by atoms with Crippen LogP contribution in [0.2, 0.25) is 0 Å². The molecule has 0 heterocycles. The third kappa shape index (κ3) is 25.9. The molecule has 0 aromatic carbocycles. The monoisotopic (exact) mass is 484 g/mol. The summed E-state index contributed by atoms with van der Waals surface area (Å²) in [6.45, 7) is 10.0. The van der Waals surface area contributed by atoms with Gasteiger partial charge in [-0.05, 0) is 52.2 Å². The van der Waals surface area contributed by atoms with E-state index >= 15 is 0 Å². The van der Waals surface area contributed by atoms with Crippen molar-refractivity contribution in [3.8, 4) is 0 Å². The molecular formula is C28H60N4O2. The molecule has 0 aromatic heterocycles. The number of likely N-dealkylation sites (N-methyl/N-ethyl adjacent to an activating group) is 1. The van der Waals surface area contributed by atoms with E-state index in [-0.39, 0.29) is 5.97 Å². The minimum absolute atomic E-state index is 0.00228. The Kier molecular flexibility index (Phi) is 26.4. The van der Waals surface area contributed by atoms with Gasteiger partial charge in [0.05, 0.1) is 6.61 Å². The van der Waals surface area contributed by atoms with Crippen LogP contribution in [0, 0.1) is 5.92 Å². The standard InChI is InChI=1S/C28H60N4O2/c1-5-7-9-11-12-15-19-27(18-14-10-8-6-2)26-34-28(33)20-16-13-17-21-29-22-23-30-31-24-25-32(3)4/h27,29-31H,5-26H2,1-4H3. The Balaban J connectivity index is 3.73. The molecule has 1 atom stereocenters. The maximum absolute atomic E-state index is 12.2. The van der Waals surface area contributed by atoms with Crippen LogP contribution in [-0.2, 0) is 9.53 Å². The van der Waals surface area contributed by atoms with Crippen LogP contribution in [0.1, 0.15) is 117 Å². The van der Waals surface area contributed by atoms with Crippen molar-refractivity contribution in [1.29, 1.82) is 0 Å². The number of nitrogens with zero attached hydrogens (tertiary/aromatic N) is 1. The predicted octanol–water partition coefficient (Wildman–Crippen LogP) is 5.67. The van der Waals surface area contributed by atoms with Crippen LogP contribution < -0.4 is 16.2 Å². The van der Waals surface area contributed by atoms with Crippen molar-refractivity contribution in [3.05, 3.63) is 0 Å². The molecule has 6 nitrogen and oxygen atoms in total. The number of hydrogen-bond donors (Lipinski definition) is 3. The lowest BCUT2D eigenvalue weighted by molar-refractivity contribution is -0.145. The van der Waals surface area contributed by atoms with Gasteiger partial charge in [0.15, 0.2) is 0 Å². The third-order valence-corrected chi connectivity index (χ3v) is 6.38. The van der Waals surface area contributed by atoms with Gasteiger partial charge in [-0.15, -0.1) is 0 Å². The highest BCUT2D eigenvalue weighted by Crippen LogP contribution is 2.19. The van der Waals surface area contributed by atoms with Crippen molar-refractivity contribution >= 4 is 5.97 Å². The summed E-state index contributed by atoms with van der Waals surface area (Å²) in [5.41, 5.74) is 6.44. The van der Waals surface area contributed by atoms with Crippen LogP contribution in [-0.4, -0.2) is 64.3 Å². The number of rotatable bonds is 27. The highest BCUT2D eigenvalue weighted by Gasteiger charge is 2.12. The molecule has 0 aliphatic carbocycles. The van der Waals surface area contributed by atoms with E-state index in [2.05, 4.69) is 49.0 Å². The summed E-state index contributed by atoms with van der Waals surface area (Å²) in [6.07, 6.45) is 19.3. The molecule has 34 heavy (non-hydrogen) atoms. The number of hydrazine groups is 1. The van der Waals surface area contributed by atoms with E-state index in [1.165, 1.54) is 77.0 Å². The van der Waals surface area contributed by atoms with Crippen molar-refractivity contribution in [2.24, 2.45) is 5.92 Å². The average Bonchev–Trinajstić information content (AvgIpc) is 2.82. The lowest BCUT2D eigenvalue weighted by Gasteiger charge is -2.17. The first-order chi connectivity index (χ1) is 16.6. The van der Waals surface area contributed by atoms with E-state index in [4.69, 9.17) is 4.74 Å². The Morgan fingerprint density at radius 2 is 1.29 bits per heavy atom. The van der Waals surface area contributed by atoms with E-state index in [0.717, 1.165) is 52.0 Å². The number of ether oxygens (including phenoxy) is 1. The van der Waals surface area contributed by atoms with Crippen LogP contribution in [0.25, 0.3) is 0 Å². The fraction of sp³-hybridized carbons (Fsp3) is 0.964. The van der Waals surface area contributed by atoms with E-state index in [0.29, 0.717) is 18.9 Å². The summed E-state index contributed by atoms with van der Waals surface area (Å²) < 4.78 is 5.69. The van der Waals surface area contributed by atoms with Crippen LogP contribution in [0.4, 0.5) is 0 Å². The highest BCUT2D eigenvalue weighted by atomic mass is 16.5. The van der Waals surface area contributed by atoms with E-state index in [1.54, 1.807) is 0 Å². The summed E-state index contributed by atoms with van der Waals surface area (Å²) in [6, 6.07) is 0. The fourth-order valence-corrected chi connectivity index (χ4v) is 4.10. The van der Waals surface area contributed by atoms with Gasteiger partial charge in [0.25, 0.3) is 0 Å². The van der Waals surface area contributed by atoms with Crippen LogP contribution in [0.3, 0.4) is 0 Å². The SMILES string of the molecule is CCCCCCCCC(CCCCCC)COC(=O)CCCCCNCCNNCCN(C)C. The second-order valence-electron chi connectivity index (χ2n) is 10.2. The largest absolute Gasteiger partial charge is 0.465 e. The zero-order chi connectivity index (χ0) is 25.1. The molecule has 0 amide bonds. The number of unbranched alkanes of at least 4 members (excludes halogenated alkanes) is 10. The fourth-order valence-electron chi connectivity index (χ4n) is 4.10.